The van der Waals surface area contributed by atoms with E-state index in [4.69, 9.17) is 4.52 Å². The molecule has 27 heavy (non-hydrogen) atoms. The summed E-state index contributed by atoms with van der Waals surface area (Å²) in [4.78, 5) is 28.1. The molecule has 1 aromatic carbocycles. The van der Waals surface area contributed by atoms with E-state index >= 15 is 0 Å². The van der Waals surface area contributed by atoms with Crippen LogP contribution < -0.4 is 10.6 Å². The third kappa shape index (κ3) is 3.86. The number of likely N-dealkylation sites (N-methyl/N-ethyl adjacent to an activating group) is 1. The fourth-order valence-electron chi connectivity index (χ4n) is 2.56. The average Bonchev–Trinajstić information content (AvgIpc) is 3.25. The second kappa shape index (κ2) is 7.02. The molecular formula is C18H18N6O3. The summed E-state index contributed by atoms with van der Waals surface area (Å²) in [5.74, 6) is 1.17. The van der Waals surface area contributed by atoms with E-state index in [0.717, 1.165) is 18.4 Å². The molecule has 3 aromatic rings. The Labute approximate surface area is 154 Å². The highest BCUT2D eigenvalue weighted by atomic mass is 16.5. The van der Waals surface area contributed by atoms with E-state index in [0.29, 0.717) is 28.9 Å². The summed E-state index contributed by atoms with van der Waals surface area (Å²) in [6.07, 6.45) is 5.29. The van der Waals surface area contributed by atoms with Crippen LogP contribution in [0.3, 0.4) is 0 Å². The predicted octanol–water partition coefficient (Wildman–Crippen LogP) is 1.81. The van der Waals surface area contributed by atoms with Crippen LogP contribution in [-0.4, -0.2) is 38.8 Å². The van der Waals surface area contributed by atoms with Gasteiger partial charge in [0.05, 0.1) is 11.9 Å². The van der Waals surface area contributed by atoms with E-state index in [1.165, 1.54) is 10.9 Å². The Morgan fingerprint density at radius 2 is 2.04 bits per heavy atom. The first-order chi connectivity index (χ1) is 13.1. The monoisotopic (exact) mass is 366 g/mol. The maximum Gasteiger partial charge on any atom is 0.255 e. The van der Waals surface area contributed by atoms with E-state index in [-0.39, 0.29) is 18.4 Å². The first-order valence-corrected chi connectivity index (χ1v) is 8.61. The summed E-state index contributed by atoms with van der Waals surface area (Å²) in [7, 11) is 1.56. The summed E-state index contributed by atoms with van der Waals surface area (Å²) in [5.41, 5.74) is 1.80. The van der Waals surface area contributed by atoms with Crippen LogP contribution >= 0.6 is 0 Å². The molecule has 2 N–H and O–H groups in total. The molecule has 9 heteroatoms. The van der Waals surface area contributed by atoms with Gasteiger partial charge in [-0.05, 0) is 25.0 Å². The van der Waals surface area contributed by atoms with Crippen molar-refractivity contribution in [3.8, 4) is 11.4 Å². The molecule has 1 aliphatic rings. The van der Waals surface area contributed by atoms with E-state index in [2.05, 4.69) is 25.9 Å². The van der Waals surface area contributed by atoms with Crippen molar-refractivity contribution in [2.75, 3.05) is 12.4 Å². The number of amides is 2. The van der Waals surface area contributed by atoms with Crippen molar-refractivity contribution in [1.82, 2.24) is 25.2 Å². The van der Waals surface area contributed by atoms with Crippen molar-refractivity contribution in [3.63, 3.8) is 0 Å². The molecule has 0 spiro atoms. The second-order valence-corrected chi connectivity index (χ2v) is 6.36. The fourth-order valence-corrected chi connectivity index (χ4v) is 2.56. The van der Waals surface area contributed by atoms with Gasteiger partial charge >= 0.3 is 0 Å². The number of anilines is 1. The standard InChI is InChI=1S/C18H18N6O3/c1-19-15(25)10-24-9-14(8-20-24)21-17(26)12-4-2-11(3-5-12)16-22-18(27-23-16)13-6-7-13/h2-5,8-9,13H,6-7,10H2,1H3,(H,19,25)(H,21,26). The highest BCUT2D eigenvalue weighted by molar-refractivity contribution is 6.04. The van der Waals surface area contributed by atoms with Crippen LogP contribution in [-0.2, 0) is 11.3 Å². The lowest BCUT2D eigenvalue weighted by molar-refractivity contribution is -0.121. The van der Waals surface area contributed by atoms with Gasteiger partial charge in [-0.2, -0.15) is 10.1 Å². The van der Waals surface area contributed by atoms with Gasteiger partial charge in [-0.15, -0.1) is 0 Å². The summed E-state index contributed by atoms with van der Waals surface area (Å²) >= 11 is 0. The van der Waals surface area contributed by atoms with E-state index < -0.39 is 0 Å². The van der Waals surface area contributed by atoms with Gasteiger partial charge < -0.3 is 15.2 Å². The predicted molar refractivity (Wildman–Crippen MR) is 96.0 cm³/mol. The Hall–Kier alpha value is -3.49. The zero-order valence-electron chi connectivity index (χ0n) is 14.7. The first-order valence-electron chi connectivity index (χ1n) is 8.61. The Morgan fingerprint density at radius 3 is 2.74 bits per heavy atom. The van der Waals surface area contributed by atoms with Crippen molar-refractivity contribution in [3.05, 3.63) is 48.1 Å². The molecule has 9 nitrogen and oxygen atoms in total. The zero-order chi connectivity index (χ0) is 18.8. The van der Waals surface area contributed by atoms with Gasteiger partial charge in [0.2, 0.25) is 17.6 Å². The quantitative estimate of drug-likeness (QED) is 0.687. The molecule has 0 saturated heterocycles. The smallest absolute Gasteiger partial charge is 0.255 e. The van der Waals surface area contributed by atoms with Crippen molar-refractivity contribution in [1.29, 1.82) is 0 Å². The van der Waals surface area contributed by atoms with Gasteiger partial charge in [0.1, 0.15) is 6.54 Å². The Balaban J connectivity index is 1.40. The molecule has 2 heterocycles. The van der Waals surface area contributed by atoms with E-state index in [1.54, 1.807) is 37.5 Å². The molecule has 4 rings (SSSR count). The van der Waals surface area contributed by atoms with Crippen molar-refractivity contribution in [2.45, 2.75) is 25.3 Å². The van der Waals surface area contributed by atoms with Crippen LogP contribution in [0.4, 0.5) is 5.69 Å². The van der Waals surface area contributed by atoms with Crippen LogP contribution in [0.25, 0.3) is 11.4 Å². The fraction of sp³-hybridized carbons (Fsp3) is 0.278. The van der Waals surface area contributed by atoms with Crippen LogP contribution in [0.5, 0.6) is 0 Å². The Bertz CT molecular complexity index is 971. The zero-order valence-corrected chi connectivity index (χ0v) is 14.7. The third-order valence-corrected chi connectivity index (χ3v) is 4.25. The third-order valence-electron chi connectivity index (χ3n) is 4.25. The summed E-state index contributed by atoms with van der Waals surface area (Å²) < 4.78 is 6.71. The molecule has 0 unspecified atom stereocenters. The number of rotatable bonds is 6. The molecule has 1 fully saturated rings. The lowest BCUT2D eigenvalue weighted by Crippen LogP contribution is -2.23. The van der Waals surface area contributed by atoms with Gasteiger partial charge in [0.15, 0.2) is 0 Å². The number of hydrogen-bond acceptors (Lipinski definition) is 6. The molecule has 1 aliphatic carbocycles. The molecule has 0 aliphatic heterocycles. The lowest BCUT2D eigenvalue weighted by Gasteiger charge is -2.03. The number of benzene rings is 1. The summed E-state index contributed by atoms with van der Waals surface area (Å²) in [5, 5.41) is 13.3. The Morgan fingerprint density at radius 1 is 1.26 bits per heavy atom. The van der Waals surface area contributed by atoms with E-state index in [9.17, 15) is 9.59 Å². The number of aromatic nitrogens is 4. The number of hydrogen-bond donors (Lipinski definition) is 2. The van der Waals surface area contributed by atoms with Gasteiger partial charge in [0.25, 0.3) is 5.91 Å². The Kier molecular flexibility index (Phi) is 4.41. The molecule has 2 aromatic heterocycles. The molecule has 138 valence electrons. The van der Waals surface area contributed by atoms with Crippen LogP contribution in [0, 0.1) is 0 Å². The maximum atomic E-state index is 12.4. The largest absolute Gasteiger partial charge is 0.358 e. The van der Waals surface area contributed by atoms with Crippen molar-refractivity contribution in [2.24, 2.45) is 0 Å². The van der Waals surface area contributed by atoms with Gasteiger partial charge in [0, 0.05) is 30.3 Å². The summed E-state index contributed by atoms with van der Waals surface area (Å²) in [6.45, 7) is 0.0919. The summed E-state index contributed by atoms with van der Waals surface area (Å²) in [6, 6.07) is 6.97. The number of nitrogens with one attached hydrogen (secondary N) is 2. The van der Waals surface area contributed by atoms with Crippen molar-refractivity contribution < 1.29 is 14.1 Å². The number of carbonyl (C=O) groups excluding carboxylic acids is 2. The van der Waals surface area contributed by atoms with E-state index in [1.807, 2.05) is 0 Å². The normalized spacial score (nSPS) is 13.4. The second-order valence-electron chi connectivity index (χ2n) is 6.36. The van der Waals surface area contributed by atoms with Crippen LogP contribution in [0.2, 0.25) is 0 Å². The topological polar surface area (TPSA) is 115 Å². The maximum absolute atomic E-state index is 12.4. The van der Waals surface area contributed by atoms with Gasteiger partial charge in [-0.25, -0.2) is 0 Å². The average molecular weight is 366 g/mol. The lowest BCUT2D eigenvalue weighted by atomic mass is 10.1. The molecule has 2 amide bonds. The highest BCUT2D eigenvalue weighted by Crippen LogP contribution is 2.39. The number of carbonyl (C=O) groups is 2. The van der Waals surface area contributed by atoms with Crippen LogP contribution in [0.1, 0.15) is 35.0 Å². The number of nitrogens with zero attached hydrogens (tertiary/aromatic N) is 4. The molecule has 0 atom stereocenters. The minimum atomic E-state index is -0.271. The SMILES string of the molecule is CNC(=O)Cn1cc(NC(=O)c2ccc(-c3noc(C4CC4)n3)cc2)cn1. The molecule has 0 radical (unpaired) electrons. The molecule has 1 saturated carbocycles. The van der Waals surface area contributed by atoms with Gasteiger partial charge in [-0.1, -0.05) is 17.3 Å². The first kappa shape index (κ1) is 17.0. The minimum absolute atomic E-state index is 0.0919. The molecule has 0 bridgehead atoms. The highest BCUT2D eigenvalue weighted by Gasteiger charge is 2.29. The van der Waals surface area contributed by atoms with Crippen molar-refractivity contribution >= 4 is 17.5 Å². The van der Waals surface area contributed by atoms with Gasteiger partial charge in [-0.3, -0.25) is 14.3 Å². The minimum Gasteiger partial charge on any atom is -0.358 e. The molecular weight excluding hydrogens is 348 g/mol. The van der Waals surface area contributed by atoms with Crippen LogP contribution in [0.15, 0.2) is 41.2 Å².